The van der Waals surface area contributed by atoms with Gasteiger partial charge in [-0.05, 0) is 19.4 Å². The molecule has 0 spiro atoms. The normalized spacial score (nSPS) is 18.5. The maximum Gasteiger partial charge on any atom is 0.326 e. The Morgan fingerprint density at radius 3 is 1.83 bits per heavy atom. The van der Waals surface area contributed by atoms with Gasteiger partial charge in [0.2, 0.25) is 17.7 Å². The van der Waals surface area contributed by atoms with Gasteiger partial charge in [-0.2, -0.15) is 0 Å². The molecule has 0 radical (unpaired) electrons. The second-order valence-electron chi connectivity index (χ2n) is 6.55. The summed E-state index contributed by atoms with van der Waals surface area (Å²) in [5.41, 5.74) is 0. The molecular weight excluding hydrogens is 408 g/mol. The second kappa shape index (κ2) is 11.7. The Kier molecular flexibility index (Phi) is 9.64. The summed E-state index contributed by atoms with van der Waals surface area (Å²) in [4.78, 5) is 69.4. The van der Waals surface area contributed by atoms with Gasteiger partial charge in [0.15, 0.2) is 0 Å². The molecule has 0 saturated carbocycles. The van der Waals surface area contributed by atoms with E-state index in [0.29, 0.717) is 13.0 Å². The molecule has 0 aliphatic carbocycles. The van der Waals surface area contributed by atoms with Crippen molar-refractivity contribution in [1.82, 2.24) is 21.3 Å². The van der Waals surface area contributed by atoms with Crippen LogP contribution < -0.4 is 21.3 Å². The van der Waals surface area contributed by atoms with Gasteiger partial charge in [0.1, 0.15) is 18.1 Å². The number of hydrogen-bond donors (Lipinski definition) is 8. The third-order valence-electron chi connectivity index (χ3n) is 4.20. The first-order chi connectivity index (χ1) is 14.0. The molecule has 1 fully saturated rings. The van der Waals surface area contributed by atoms with Gasteiger partial charge in [-0.1, -0.05) is 0 Å². The summed E-state index contributed by atoms with van der Waals surface area (Å²) in [5, 5.41) is 45.0. The van der Waals surface area contributed by atoms with Crippen molar-refractivity contribution >= 4 is 35.6 Å². The third kappa shape index (κ3) is 8.00. The Balaban J connectivity index is 2.80. The number of carboxylic acids is 3. The van der Waals surface area contributed by atoms with Crippen LogP contribution in [-0.4, -0.2) is 93.4 Å². The standard InChI is InChI=1S/C16H24N4O10/c21-6-10(15(28)19-9(16(29)30)5-12(24)25)20-14(27)8(4-11(22)23)18-13(26)7-2-1-3-17-7/h7-10,17,21H,1-6H2,(H,18,26)(H,19,28)(H,20,27)(H,22,23)(H,24,25)(H,29,30). The lowest BCUT2D eigenvalue weighted by Crippen LogP contribution is -2.58. The van der Waals surface area contributed by atoms with E-state index >= 15 is 0 Å². The lowest BCUT2D eigenvalue weighted by atomic mass is 10.1. The molecule has 0 aromatic heterocycles. The van der Waals surface area contributed by atoms with E-state index in [1.54, 1.807) is 0 Å². The number of carbonyl (C=O) groups excluding carboxylic acids is 3. The summed E-state index contributed by atoms with van der Waals surface area (Å²) < 4.78 is 0. The fourth-order valence-corrected chi connectivity index (χ4v) is 2.68. The fourth-order valence-electron chi connectivity index (χ4n) is 2.68. The summed E-state index contributed by atoms with van der Waals surface area (Å²) in [7, 11) is 0. The molecule has 3 amide bonds. The van der Waals surface area contributed by atoms with Crippen LogP contribution in [0.3, 0.4) is 0 Å². The van der Waals surface area contributed by atoms with Crippen LogP contribution in [0.5, 0.6) is 0 Å². The van der Waals surface area contributed by atoms with Gasteiger partial charge in [-0.3, -0.25) is 24.0 Å². The first-order valence-corrected chi connectivity index (χ1v) is 8.96. The molecular formula is C16H24N4O10. The zero-order valence-electron chi connectivity index (χ0n) is 15.8. The van der Waals surface area contributed by atoms with Crippen LogP contribution in [-0.2, 0) is 28.8 Å². The minimum Gasteiger partial charge on any atom is -0.481 e. The van der Waals surface area contributed by atoms with Crippen LogP contribution in [0, 0.1) is 0 Å². The zero-order chi connectivity index (χ0) is 22.8. The number of nitrogens with one attached hydrogen (secondary N) is 4. The molecule has 1 aliphatic heterocycles. The Morgan fingerprint density at radius 1 is 0.833 bits per heavy atom. The van der Waals surface area contributed by atoms with E-state index in [2.05, 4.69) is 10.6 Å². The molecule has 14 nitrogen and oxygen atoms in total. The molecule has 0 aromatic rings. The molecule has 1 rings (SSSR count). The molecule has 0 aromatic carbocycles. The van der Waals surface area contributed by atoms with E-state index in [-0.39, 0.29) is 0 Å². The highest BCUT2D eigenvalue weighted by molar-refractivity contribution is 5.96. The zero-order valence-corrected chi connectivity index (χ0v) is 15.8. The first kappa shape index (κ1) is 24.8. The van der Waals surface area contributed by atoms with Crippen molar-refractivity contribution in [2.75, 3.05) is 13.2 Å². The Labute approximate surface area is 170 Å². The predicted molar refractivity (Wildman–Crippen MR) is 96.0 cm³/mol. The number of carboxylic acid groups (broad SMARTS) is 3. The maximum absolute atomic E-state index is 12.4. The van der Waals surface area contributed by atoms with E-state index in [1.807, 2.05) is 10.6 Å². The van der Waals surface area contributed by atoms with Crippen LogP contribution in [0.1, 0.15) is 25.7 Å². The van der Waals surface area contributed by atoms with Crippen molar-refractivity contribution < 1.29 is 49.2 Å². The highest BCUT2D eigenvalue weighted by Crippen LogP contribution is 2.06. The van der Waals surface area contributed by atoms with Gasteiger partial charge in [-0.15, -0.1) is 0 Å². The Morgan fingerprint density at radius 2 is 1.37 bits per heavy atom. The van der Waals surface area contributed by atoms with Crippen LogP contribution in [0.15, 0.2) is 0 Å². The number of rotatable bonds is 12. The van der Waals surface area contributed by atoms with E-state index < -0.39 is 79.2 Å². The van der Waals surface area contributed by atoms with Crippen LogP contribution in [0.4, 0.5) is 0 Å². The number of carbonyl (C=O) groups is 6. The number of aliphatic carboxylic acids is 3. The summed E-state index contributed by atoms with van der Waals surface area (Å²) in [6.07, 6.45) is -0.531. The summed E-state index contributed by atoms with van der Waals surface area (Å²) in [6, 6.07) is -5.68. The van der Waals surface area contributed by atoms with Crippen LogP contribution >= 0.6 is 0 Å². The Bertz CT molecular complexity index is 692. The molecule has 0 bridgehead atoms. The maximum atomic E-state index is 12.4. The van der Waals surface area contributed by atoms with Gasteiger partial charge >= 0.3 is 17.9 Å². The topological polar surface area (TPSA) is 231 Å². The molecule has 1 heterocycles. The van der Waals surface area contributed by atoms with Gasteiger partial charge in [-0.25, -0.2) is 4.79 Å². The number of amides is 3. The summed E-state index contributed by atoms with van der Waals surface area (Å²) >= 11 is 0. The summed E-state index contributed by atoms with van der Waals surface area (Å²) in [6.45, 7) is -0.406. The Hall–Kier alpha value is -3.26. The second-order valence-corrected chi connectivity index (χ2v) is 6.55. The molecule has 30 heavy (non-hydrogen) atoms. The van der Waals surface area contributed by atoms with Crippen molar-refractivity contribution in [3.8, 4) is 0 Å². The van der Waals surface area contributed by atoms with Gasteiger partial charge in [0.05, 0.1) is 25.5 Å². The number of aliphatic hydroxyl groups is 1. The van der Waals surface area contributed by atoms with E-state index in [0.717, 1.165) is 6.42 Å². The van der Waals surface area contributed by atoms with E-state index in [9.17, 15) is 33.9 Å². The van der Waals surface area contributed by atoms with Crippen molar-refractivity contribution in [3.05, 3.63) is 0 Å². The average molecular weight is 432 g/mol. The molecule has 1 aliphatic rings. The number of aliphatic hydroxyl groups excluding tert-OH is 1. The monoisotopic (exact) mass is 432 g/mol. The predicted octanol–water partition coefficient (Wildman–Crippen LogP) is -3.78. The largest absolute Gasteiger partial charge is 0.481 e. The van der Waals surface area contributed by atoms with E-state index in [1.165, 1.54) is 0 Å². The van der Waals surface area contributed by atoms with Gasteiger partial charge < -0.3 is 41.7 Å². The van der Waals surface area contributed by atoms with Gasteiger partial charge in [0, 0.05) is 0 Å². The van der Waals surface area contributed by atoms with Crippen molar-refractivity contribution in [2.45, 2.75) is 49.9 Å². The van der Waals surface area contributed by atoms with Gasteiger partial charge in [0.25, 0.3) is 0 Å². The average Bonchev–Trinajstić information content (AvgIpc) is 3.18. The fraction of sp³-hybridized carbons (Fsp3) is 0.625. The van der Waals surface area contributed by atoms with E-state index in [4.69, 9.17) is 15.3 Å². The lowest BCUT2D eigenvalue weighted by Gasteiger charge is -2.23. The molecule has 1 saturated heterocycles. The number of hydrogen-bond acceptors (Lipinski definition) is 8. The first-order valence-electron chi connectivity index (χ1n) is 8.96. The minimum atomic E-state index is -1.82. The van der Waals surface area contributed by atoms with Crippen molar-refractivity contribution in [3.63, 3.8) is 0 Å². The highest BCUT2D eigenvalue weighted by atomic mass is 16.4. The van der Waals surface area contributed by atoms with Crippen LogP contribution in [0.25, 0.3) is 0 Å². The summed E-state index contributed by atoms with van der Waals surface area (Å²) in [5.74, 6) is -7.45. The molecule has 14 heteroatoms. The van der Waals surface area contributed by atoms with Crippen molar-refractivity contribution in [2.24, 2.45) is 0 Å². The highest BCUT2D eigenvalue weighted by Gasteiger charge is 2.32. The van der Waals surface area contributed by atoms with Crippen molar-refractivity contribution in [1.29, 1.82) is 0 Å². The molecule has 168 valence electrons. The quantitative estimate of drug-likeness (QED) is 0.149. The molecule has 4 atom stereocenters. The minimum absolute atomic E-state index is 0.495. The van der Waals surface area contributed by atoms with Crippen LogP contribution in [0.2, 0.25) is 0 Å². The lowest BCUT2D eigenvalue weighted by molar-refractivity contribution is -0.147. The smallest absolute Gasteiger partial charge is 0.326 e. The molecule has 8 N–H and O–H groups in total. The molecule has 4 unspecified atom stereocenters. The third-order valence-corrected chi connectivity index (χ3v) is 4.20. The SMILES string of the molecule is O=C(O)CC(NC(=O)C(CO)NC(=O)C(CC(=O)O)NC(=O)C1CCCN1)C(=O)O.